The van der Waals surface area contributed by atoms with Gasteiger partial charge < -0.3 is 14.8 Å². The molecule has 148 valence electrons. The molecule has 0 radical (unpaired) electrons. The Balaban J connectivity index is 1.66. The van der Waals surface area contributed by atoms with E-state index in [1.807, 2.05) is 0 Å². The smallest absolute Gasteiger partial charge is 0.308 e. The number of esters is 1. The molecule has 0 heterocycles. The zero-order chi connectivity index (χ0) is 21.0. The Morgan fingerprint density at radius 3 is 2.10 bits per heavy atom. The van der Waals surface area contributed by atoms with Gasteiger partial charge in [0.1, 0.15) is 17.2 Å². The van der Waals surface area contributed by atoms with Crippen molar-refractivity contribution < 1.29 is 19.1 Å². The molecule has 0 saturated heterocycles. The molecule has 29 heavy (non-hydrogen) atoms. The van der Waals surface area contributed by atoms with Gasteiger partial charge in [-0.3, -0.25) is 9.59 Å². The van der Waals surface area contributed by atoms with E-state index in [1.165, 1.54) is 19.1 Å². The summed E-state index contributed by atoms with van der Waals surface area (Å²) in [6, 6.07) is 16.0. The number of carbonyl (C=O) groups is 2. The Bertz CT molecular complexity index is 1070. The van der Waals surface area contributed by atoms with Crippen molar-refractivity contribution in [1.82, 2.24) is 0 Å². The fourth-order valence-corrected chi connectivity index (χ4v) is 2.87. The number of amides is 1. The second-order valence-electron chi connectivity index (χ2n) is 5.90. The normalized spacial score (nSPS) is 10.3. The standard InChI is InChI=1S/C21H14Cl3NO4/c1-12(26)28-16-7-9-20(19(24)11-16)29-15-5-3-14(4-6-15)25-21(27)13-2-8-17(22)18(23)10-13/h2-11H,1H3,(H,25,27). The molecule has 0 bridgehead atoms. The third-order valence-electron chi connectivity index (χ3n) is 3.69. The first-order valence-electron chi connectivity index (χ1n) is 8.34. The Morgan fingerprint density at radius 1 is 0.793 bits per heavy atom. The monoisotopic (exact) mass is 449 g/mol. The van der Waals surface area contributed by atoms with Crippen LogP contribution in [0.4, 0.5) is 5.69 Å². The first kappa shape index (κ1) is 21.0. The molecule has 0 atom stereocenters. The van der Waals surface area contributed by atoms with Crippen LogP contribution in [0.15, 0.2) is 60.7 Å². The van der Waals surface area contributed by atoms with Crippen molar-refractivity contribution in [3.8, 4) is 17.2 Å². The van der Waals surface area contributed by atoms with Gasteiger partial charge in [0.25, 0.3) is 5.91 Å². The highest BCUT2D eigenvalue weighted by atomic mass is 35.5. The molecule has 0 aliphatic rings. The van der Waals surface area contributed by atoms with Gasteiger partial charge in [-0.2, -0.15) is 0 Å². The van der Waals surface area contributed by atoms with Crippen molar-refractivity contribution in [1.29, 1.82) is 0 Å². The number of benzene rings is 3. The first-order valence-corrected chi connectivity index (χ1v) is 9.47. The van der Waals surface area contributed by atoms with E-state index in [-0.39, 0.29) is 5.91 Å². The van der Waals surface area contributed by atoms with Crippen LogP contribution in [-0.2, 0) is 4.79 Å². The van der Waals surface area contributed by atoms with Gasteiger partial charge in [-0.25, -0.2) is 0 Å². The Hall–Kier alpha value is -2.73. The average Bonchev–Trinajstić information content (AvgIpc) is 2.67. The fourth-order valence-electron chi connectivity index (χ4n) is 2.37. The number of ether oxygens (including phenoxy) is 2. The maximum absolute atomic E-state index is 12.3. The van der Waals surface area contributed by atoms with Crippen LogP contribution in [0.2, 0.25) is 15.1 Å². The molecule has 0 aliphatic heterocycles. The van der Waals surface area contributed by atoms with E-state index in [0.29, 0.717) is 43.6 Å². The number of halogens is 3. The summed E-state index contributed by atoms with van der Waals surface area (Å²) in [6.07, 6.45) is 0. The van der Waals surface area contributed by atoms with Crippen molar-refractivity contribution in [3.63, 3.8) is 0 Å². The molecule has 0 saturated carbocycles. The first-order chi connectivity index (χ1) is 13.8. The molecule has 0 unspecified atom stereocenters. The fraction of sp³-hybridized carbons (Fsp3) is 0.0476. The van der Waals surface area contributed by atoms with Crippen LogP contribution in [-0.4, -0.2) is 11.9 Å². The molecule has 3 aromatic carbocycles. The third-order valence-corrected chi connectivity index (χ3v) is 4.72. The van der Waals surface area contributed by atoms with Crippen molar-refractivity contribution in [3.05, 3.63) is 81.3 Å². The summed E-state index contributed by atoms with van der Waals surface area (Å²) in [4.78, 5) is 23.3. The van der Waals surface area contributed by atoms with Gasteiger partial charge in [-0.15, -0.1) is 0 Å². The van der Waals surface area contributed by atoms with E-state index in [2.05, 4.69) is 5.32 Å². The Labute approximate surface area is 182 Å². The summed E-state index contributed by atoms with van der Waals surface area (Å²) in [7, 11) is 0. The molecule has 0 aromatic heterocycles. The zero-order valence-corrected chi connectivity index (χ0v) is 17.3. The lowest BCUT2D eigenvalue weighted by atomic mass is 10.2. The molecule has 0 spiro atoms. The molecule has 1 N–H and O–H groups in total. The summed E-state index contributed by atoms with van der Waals surface area (Å²) >= 11 is 18.0. The molecule has 1 amide bonds. The number of carbonyl (C=O) groups excluding carboxylic acids is 2. The van der Waals surface area contributed by atoms with Gasteiger partial charge in [0.15, 0.2) is 0 Å². The minimum Gasteiger partial charge on any atom is -0.456 e. The molecular weight excluding hydrogens is 437 g/mol. The number of rotatable bonds is 5. The number of nitrogens with one attached hydrogen (secondary N) is 1. The summed E-state index contributed by atoms with van der Waals surface area (Å²) in [5.74, 6) is 0.486. The van der Waals surface area contributed by atoms with Gasteiger partial charge in [-0.1, -0.05) is 34.8 Å². The highest BCUT2D eigenvalue weighted by molar-refractivity contribution is 6.42. The van der Waals surface area contributed by atoms with Crippen molar-refractivity contribution in [2.24, 2.45) is 0 Å². The van der Waals surface area contributed by atoms with Gasteiger partial charge >= 0.3 is 5.97 Å². The predicted octanol–water partition coefficient (Wildman–Crippen LogP) is 6.62. The Kier molecular flexibility index (Phi) is 6.64. The number of hydrogen-bond donors (Lipinski definition) is 1. The van der Waals surface area contributed by atoms with Crippen LogP contribution >= 0.6 is 34.8 Å². The maximum Gasteiger partial charge on any atom is 0.308 e. The van der Waals surface area contributed by atoms with Gasteiger partial charge in [0.2, 0.25) is 0 Å². The highest BCUT2D eigenvalue weighted by Crippen LogP contribution is 2.33. The molecule has 8 heteroatoms. The maximum atomic E-state index is 12.3. The summed E-state index contributed by atoms with van der Waals surface area (Å²) in [5.41, 5.74) is 0.962. The Morgan fingerprint density at radius 2 is 1.48 bits per heavy atom. The minimum absolute atomic E-state index is 0.292. The van der Waals surface area contributed by atoms with E-state index in [1.54, 1.807) is 48.5 Å². The largest absolute Gasteiger partial charge is 0.456 e. The predicted molar refractivity (Wildman–Crippen MR) is 114 cm³/mol. The summed E-state index contributed by atoms with van der Waals surface area (Å²) in [6.45, 7) is 1.31. The second kappa shape index (κ2) is 9.18. The van der Waals surface area contributed by atoms with Crippen LogP contribution in [0.25, 0.3) is 0 Å². The quantitative estimate of drug-likeness (QED) is 0.350. The van der Waals surface area contributed by atoms with Gasteiger partial charge in [0, 0.05) is 24.2 Å². The van der Waals surface area contributed by atoms with Crippen LogP contribution in [0.3, 0.4) is 0 Å². The lowest BCUT2D eigenvalue weighted by molar-refractivity contribution is -0.131. The number of anilines is 1. The van der Waals surface area contributed by atoms with Crippen molar-refractivity contribution in [2.45, 2.75) is 6.92 Å². The van der Waals surface area contributed by atoms with Crippen molar-refractivity contribution >= 4 is 52.4 Å². The van der Waals surface area contributed by atoms with Crippen LogP contribution in [0.5, 0.6) is 17.2 Å². The lowest BCUT2D eigenvalue weighted by Crippen LogP contribution is -2.11. The second-order valence-corrected chi connectivity index (χ2v) is 7.12. The molecule has 0 aliphatic carbocycles. The van der Waals surface area contributed by atoms with Crippen LogP contribution < -0.4 is 14.8 Å². The lowest BCUT2D eigenvalue weighted by Gasteiger charge is -2.10. The molecular formula is C21H14Cl3NO4. The van der Waals surface area contributed by atoms with Gasteiger partial charge in [0.05, 0.1) is 15.1 Å². The van der Waals surface area contributed by atoms with E-state index in [0.717, 1.165) is 0 Å². The third kappa shape index (κ3) is 5.64. The van der Waals surface area contributed by atoms with Crippen molar-refractivity contribution in [2.75, 3.05) is 5.32 Å². The molecule has 3 rings (SSSR count). The van der Waals surface area contributed by atoms with E-state index >= 15 is 0 Å². The van der Waals surface area contributed by atoms with E-state index < -0.39 is 5.97 Å². The molecule has 3 aromatic rings. The molecule has 0 fully saturated rings. The van der Waals surface area contributed by atoms with Crippen LogP contribution in [0.1, 0.15) is 17.3 Å². The summed E-state index contributed by atoms with van der Waals surface area (Å²) < 4.78 is 10.7. The summed E-state index contributed by atoms with van der Waals surface area (Å²) in [5, 5.41) is 3.74. The van der Waals surface area contributed by atoms with Crippen LogP contribution in [0, 0.1) is 0 Å². The van der Waals surface area contributed by atoms with Gasteiger partial charge in [-0.05, 0) is 54.6 Å². The topological polar surface area (TPSA) is 64.6 Å². The minimum atomic E-state index is -0.437. The SMILES string of the molecule is CC(=O)Oc1ccc(Oc2ccc(NC(=O)c3ccc(Cl)c(Cl)c3)cc2)c(Cl)c1. The molecule has 5 nitrogen and oxygen atoms in total. The number of hydrogen-bond acceptors (Lipinski definition) is 4. The van der Waals surface area contributed by atoms with E-state index in [9.17, 15) is 9.59 Å². The highest BCUT2D eigenvalue weighted by Gasteiger charge is 2.10. The van der Waals surface area contributed by atoms with E-state index in [4.69, 9.17) is 44.3 Å². The zero-order valence-electron chi connectivity index (χ0n) is 15.0. The average molecular weight is 451 g/mol.